The number of aromatic nitrogens is 1. The van der Waals surface area contributed by atoms with Gasteiger partial charge in [-0.15, -0.1) is 0 Å². The third kappa shape index (κ3) is 4.72. The number of benzene rings is 3. The molecule has 0 saturated heterocycles. The van der Waals surface area contributed by atoms with Crippen LogP contribution in [0.15, 0.2) is 78.9 Å². The molecule has 3 aromatic carbocycles. The van der Waals surface area contributed by atoms with Gasteiger partial charge in [-0.2, -0.15) is 0 Å². The lowest BCUT2D eigenvalue weighted by molar-refractivity contribution is -0.119. The normalized spacial score (nSPS) is 10.6. The zero-order valence-electron chi connectivity index (χ0n) is 17.9. The lowest BCUT2D eigenvalue weighted by atomic mass is 9.98. The maximum absolute atomic E-state index is 13.1. The van der Waals surface area contributed by atoms with Crippen LogP contribution in [0.4, 0.5) is 5.69 Å². The molecule has 1 aromatic heterocycles. The Labute approximate surface area is 190 Å². The van der Waals surface area contributed by atoms with E-state index in [2.05, 4.69) is 5.32 Å². The molecule has 2 amide bonds. The number of anilines is 1. The van der Waals surface area contributed by atoms with E-state index in [0.717, 1.165) is 5.56 Å². The Morgan fingerprint density at radius 2 is 1.58 bits per heavy atom. The number of amides is 2. The van der Waals surface area contributed by atoms with Crippen molar-refractivity contribution >= 4 is 34.4 Å². The number of esters is 1. The van der Waals surface area contributed by atoms with E-state index in [1.165, 1.54) is 12.1 Å². The highest BCUT2D eigenvalue weighted by Gasteiger charge is 2.21. The van der Waals surface area contributed by atoms with Crippen molar-refractivity contribution in [2.24, 2.45) is 5.73 Å². The predicted octanol–water partition coefficient (Wildman–Crippen LogP) is 4.10. The summed E-state index contributed by atoms with van der Waals surface area (Å²) in [4.78, 5) is 41.3. The van der Waals surface area contributed by atoms with Crippen molar-refractivity contribution < 1.29 is 19.1 Å². The number of hydrogen-bond acceptors (Lipinski definition) is 5. The van der Waals surface area contributed by atoms with Crippen LogP contribution in [0.3, 0.4) is 0 Å². The molecule has 0 spiro atoms. The molecule has 7 nitrogen and oxygen atoms in total. The predicted molar refractivity (Wildman–Crippen MR) is 126 cm³/mol. The van der Waals surface area contributed by atoms with Gasteiger partial charge in [0.2, 0.25) is 5.91 Å². The van der Waals surface area contributed by atoms with Crippen molar-refractivity contribution in [1.82, 2.24) is 4.98 Å². The van der Waals surface area contributed by atoms with Crippen LogP contribution in [0.1, 0.15) is 26.3 Å². The summed E-state index contributed by atoms with van der Waals surface area (Å²) in [6.45, 7) is 1.35. The molecule has 0 aliphatic carbocycles. The average molecular weight is 439 g/mol. The first-order chi connectivity index (χ1) is 15.9. The highest BCUT2D eigenvalue weighted by molar-refractivity contribution is 6.07. The Balaban J connectivity index is 1.56. The average Bonchev–Trinajstić information content (AvgIpc) is 2.83. The summed E-state index contributed by atoms with van der Waals surface area (Å²) in [6, 6.07) is 23.0. The van der Waals surface area contributed by atoms with E-state index in [0.29, 0.717) is 39.0 Å². The number of nitrogens with one attached hydrogen (secondary N) is 1. The molecule has 0 bridgehead atoms. The number of rotatable bonds is 6. The molecular formula is C26H21N3O4. The molecule has 0 saturated carbocycles. The second-order valence-electron chi connectivity index (χ2n) is 7.41. The topological polar surface area (TPSA) is 111 Å². The largest absolute Gasteiger partial charge is 0.452 e. The Morgan fingerprint density at radius 1 is 0.909 bits per heavy atom. The van der Waals surface area contributed by atoms with Gasteiger partial charge >= 0.3 is 5.97 Å². The number of fused-ring (bicyclic) bond motifs is 1. The van der Waals surface area contributed by atoms with E-state index in [4.69, 9.17) is 15.5 Å². The Bertz CT molecular complexity index is 1350. The summed E-state index contributed by atoms with van der Waals surface area (Å²) in [5, 5.41) is 3.28. The fraction of sp³-hybridized carbons (Fsp3) is 0.0769. The lowest BCUT2D eigenvalue weighted by Crippen LogP contribution is -2.21. The van der Waals surface area contributed by atoms with Gasteiger partial charge in [0.1, 0.15) is 0 Å². The van der Waals surface area contributed by atoms with Gasteiger partial charge in [0.25, 0.3) is 5.91 Å². The van der Waals surface area contributed by atoms with E-state index >= 15 is 0 Å². The summed E-state index contributed by atoms with van der Waals surface area (Å²) >= 11 is 0. The Morgan fingerprint density at radius 3 is 2.27 bits per heavy atom. The van der Waals surface area contributed by atoms with Gasteiger partial charge in [-0.1, -0.05) is 48.5 Å². The van der Waals surface area contributed by atoms with Crippen LogP contribution in [-0.4, -0.2) is 29.4 Å². The highest BCUT2D eigenvalue weighted by atomic mass is 16.5. The van der Waals surface area contributed by atoms with Crippen LogP contribution in [-0.2, 0) is 9.53 Å². The van der Waals surface area contributed by atoms with Crippen molar-refractivity contribution in [3.05, 3.63) is 95.6 Å². The summed E-state index contributed by atoms with van der Waals surface area (Å²) in [5.74, 6) is -1.67. The van der Waals surface area contributed by atoms with Crippen LogP contribution in [0, 0.1) is 6.92 Å². The number of ether oxygens (including phenoxy) is 1. The van der Waals surface area contributed by atoms with Crippen LogP contribution in [0.2, 0.25) is 0 Å². The van der Waals surface area contributed by atoms with Gasteiger partial charge in [0.15, 0.2) is 6.61 Å². The van der Waals surface area contributed by atoms with E-state index in [-0.39, 0.29) is 0 Å². The Hall–Kier alpha value is -4.52. The molecular weight excluding hydrogens is 418 g/mol. The van der Waals surface area contributed by atoms with Crippen LogP contribution < -0.4 is 11.1 Å². The van der Waals surface area contributed by atoms with Gasteiger partial charge in [0, 0.05) is 22.2 Å². The fourth-order valence-electron chi connectivity index (χ4n) is 3.57. The molecule has 4 aromatic rings. The van der Waals surface area contributed by atoms with Crippen molar-refractivity contribution in [2.75, 3.05) is 11.9 Å². The van der Waals surface area contributed by atoms with Crippen molar-refractivity contribution in [2.45, 2.75) is 6.92 Å². The first-order valence-electron chi connectivity index (χ1n) is 10.3. The van der Waals surface area contributed by atoms with Crippen LogP contribution >= 0.6 is 0 Å². The summed E-state index contributed by atoms with van der Waals surface area (Å²) in [5.41, 5.74) is 9.27. The molecule has 1 heterocycles. The second kappa shape index (κ2) is 9.32. The van der Waals surface area contributed by atoms with Crippen LogP contribution in [0.25, 0.3) is 22.2 Å². The van der Waals surface area contributed by atoms with Crippen molar-refractivity contribution in [3.63, 3.8) is 0 Å². The minimum Gasteiger partial charge on any atom is -0.452 e. The number of nitrogens with two attached hydrogens (primary N) is 1. The van der Waals surface area contributed by atoms with E-state index in [9.17, 15) is 14.4 Å². The molecule has 0 atom stereocenters. The monoisotopic (exact) mass is 439 g/mol. The molecule has 4 rings (SSSR count). The van der Waals surface area contributed by atoms with E-state index < -0.39 is 24.4 Å². The summed E-state index contributed by atoms with van der Waals surface area (Å²) in [7, 11) is 0. The summed E-state index contributed by atoms with van der Waals surface area (Å²) in [6.07, 6.45) is 0. The van der Waals surface area contributed by atoms with Gasteiger partial charge < -0.3 is 15.8 Å². The molecule has 0 fully saturated rings. The molecule has 33 heavy (non-hydrogen) atoms. The molecule has 164 valence electrons. The second-order valence-corrected chi connectivity index (χ2v) is 7.41. The number of pyridine rings is 1. The van der Waals surface area contributed by atoms with Gasteiger partial charge in [0.05, 0.1) is 16.8 Å². The van der Waals surface area contributed by atoms with Crippen LogP contribution in [0.5, 0.6) is 0 Å². The third-order valence-electron chi connectivity index (χ3n) is 5.17. The zero-order chi connectivity index (χ0) is 23.4. The molecule has 0 aliphatic rings. The minimum atomic E-state index is -0.609. The van der Waals surface area contributed by atoms with Gasteiger partial charge in [-0.3, -0.25) is 9.59 Å². The molecule has 3 N–H and O–H groups in total. The number of carbonyl (C=O) groups excluding carboxylic acids is 3. The standard InChI is InChI=1S/C26H21N3O4/c1-16-23(20-9-5-6-10-21(20)29-24(16)17-7-3-2-4-8-17)26(32)33-15-22(30)28-19-13-11-18(12-14-19)25(27)31/h2-14H,15H2,1H3,(H2,27,31)(H,28,30). The smallest absolute Gasteiger partial charge is 0.339 e. The quantitative estimate of drug-likeness (QED) is 0.439. The van der Waals surface area contributed by atoms with Gasteiger partial charge in [-0.25, -0.2) is 9.78 Å². The SMILES string of the molecule is Cc1c(-c2ccccc2)nc2ccccc2c1C(=O)OCC(=O)Nc1ccc(C(N)=O)cc1. The molecule has 0 aliphatic heterocycles. The lowest BCUT2D eigenvalue weighted by Gasteiger charge is -2.14. The third-order valence-corrected chi connectivity index (χ3v) is 5.17. The fourth-order valence-corrected chi connectivity index (χ4v) is 3.57. The molecule has 0 unspecified atom stereocenters. The first kappa shape index (κ1) is 21.7. The number of primary amides is 1. The highest BCUT2D eigenvalue weighted by Crippen LogP contribution is 2.30. The number of para-hydroxylation sites is 1. The Kier molecular flexibility index (Phi) is 6.13. The van der Waals surface area contributed by atoms with Crippen molar-refractivity contribution in [1.29, 1.82) is 0 Å². The first-order valence-corrected chi connectivity index (χ1v) is 10.3. The number of nitrogens with zero attached hydrogens (tertiary/aromatic N) is 1. The van der Waals surface area contributed by atoms with Gasteiger partial charge in [-0.05, 0) is 42.8 Å². The zero-order valence-corrected chi connectivity index (χ0v) is 17.9. The maximum atomic E-state index is 13.1. The maximum Gasteiger partial charge on any atom is 0.339 e. The van der Waals surface area contributed by atoms with E-state index in [1.54, 1.807) is 18.2 Å². The molecule has 7 heteroatoms. The summed E-state index contributed by atoms with van der Waals surface area (Å²) < 4.78 is 5.35. The number of carbonyl (C=O) groups is 3. The number of hydrogen-bond donors (Lipinski definition) is 2. The minimum absolute atomic E-state index is 0.327. The van der Waals surface area contributed by atoms with E-state index in [1.807, 2.05) is 55.5 Å². The molecule has 0 radical (unpaired) electrons. The van der Waals surface area contributed by atoms with Crippen molar-refractivity contribution in [3.8, 4) is 11.3 Å².